The van der Waals surface area contributed by atoms with Gasteiger partial charge in [-0.25, -0.2) is 0 Å². The highest BCUT2D eigenvalue weighted by Crippen LogP contribution is 2.13. The standard InChI is InChI=1S/C30H59NO4/c1-3-5-7-9-11-13-14-16-18-20-22-24-29(34)28(26-32)31-30(35)25-27(33)23-21-19-17-15-12-10-8-6-4-2/h22,24,27-29,32-34H,3-21,23,25-26H2,1-2H3,(H,31,35)/b24-22+. The van der Waals surface area contributed by atoms with Crippen LogP contribution in [0.4, 0.5) is 0 Å². The first-order valence-corrected chi connectivity index (χ1v) is 15.0. The fraction of sp³-hybridized carbons (Fsp3) is 0.900. The molecule has 0 aliphatic heterocycles. The summed E-state index contributed by atoms with van der Waals surface area (Å²) in [6.07, 6.45) is 26.1. The van der Waals surface area contributed by atoms with Gasteiger partial charge in [0.1, 0.15) is 0 Å². The molecule has 5 nitrogen and oxygen atoms in total. The Hall–Kier alpha value is -0.910. The van der Waals surface area contributed by atoms with Crippen LogP contribution in [0.15, 0.2) is 12.2 Å². The zero-order valence-electron chi connectivity index (χ0n) is 23.2. The number of carbonyl (C=O) groups is 1. The Labute approximate surface area is 217 Å². The number of carbonyl (C=O) groups excluding carboxylic acids is 1. The minimum absolute atomic E-state index is 0.0163. The number of amides is 1. The zero-order valence-corrected chi connectivity index (χ0v) is 23.2. The van der Waals surface area contributed by atoms with E-state index < -0.39 is 18.2 Å². The summed E-state index contributed by atoms with van der Waals surface area (Å²) in [4.78, 5) is 12.2. The first-order chi connectivity index (χ1) is 17.0. The largest absolute Gasteiger partial charge is 0.394 e. The number of hydrogen-bond donors (Lipinski definition) is 4. The van der Waals surface area contributed by atoms with Gasteiger partial charge in [-0.1, -0.05) is 135 Å². The van der Waals surface area contributed by atoms with Gasteiger partial charge < -0.3 is 20.6 Å². The average molecular weight is 498 g/mol. The quantitative estimate of drug-likeness (QED) is 0.0767. The van der Waals surface area contributed by atoms with Gasteiger partial charge in [-0.2, -0.15) is 0 Å². The Bertz CT molecular complexity index is 483. The number of rotatable bonds is 26. The fourth-order valence-corrected chi connectivity index (χ4v) is 4.45. The SMILES string of the molecule is CCCCCCCCCCC/C=C/C(O)C(CO)NC(=O)CC(O)CCCCCCCCCCC. The van der Waals surface area contributed by atoms with Gasteiger partial charge in [0.05, 0.1) is 31.3 Å². The Morgan fingerprint density at radius 2 is 1.17 bits per heavy atom. The number of unbranched alkanes of at least 4 members (excludes halogenated alkanes) is 17. The lowest BCUT2D eigenvalue weighted by Gasteiger charge is -2.21. The molecule has 4 N–H and O–H groups in total. The highest BCUT2D eigenvalue weighted by atomic mass is 16.3. The van der Waals surface area contributed by atoms with Crippen molar-refractivity contribution >= 4 is 5.91 Å². The molecule has 208 valence electrons. The van der Waals surface area contributed by atoms with Crippen LogP contribution in [0.1, 0.15) is 149 Å². The fourth-order valence-electron chi connectivity index (χ4n) is 4.45. The molecule has 0 aromatic rings. The molecule has 0 fully saturated rings. The van der Waals surface area contributed by atoms with E-state index in [4.69, 9.17) is 0 Å². The zero-order chi connectivity index (χ0) is 26.0. The third-order valence-corrected chi connectivity index (χ3v) is 6.82. The van der Waals surface area contributed by atoms with Crippen LogP contribution in [0.3, 0.4) is 0 Å². The van der Waals surface area contributed by atoms with Gasteiger partial charge in [0, 0.05) is 0 Å². The third-order valence-electron chi connectivity index (χ3n) is 6.82. The molecular formula is C30H59NO4. The lowest BCUT2D eigenvalue weighted by molar-refractivity contribution is -0.124. The maximum Gasteiger partial charge on any atom is 0.222 e. The van der Waals surface area contributed by atoms with Crippen molar-refractivity contribution in [3.05, 3.63) is 12.2 Å². The highest BCUT2D eigenvalue weighted by Gasteiger charge is 2.20. The highest BCUT2D eigenvalue weighted by molar-refractivity contribution is 5.76. The molecule has 0 aromatic carbocycles. The van der Waals surface area contributed by atoms with Gasteiger partial charge in [0.25, 0.3) is 0 Å². The molecule has 0 spiro atoms. The second-order valence-electron chi connectivity index (χ2n) is 10.4. The first kappa shape index (κ1) is 34.1. The molecule has 0 bridgehead atoms. The van der Waals surface area contributed by atoms with Crippen molar-refractivity contribution in [2.75, 3.05) is 6.61 Å². The molecular weight excluding hydrogens is 438 g/mol. The average Bonchev–Trinajstić information content (AvgIpc) is 2.84. The van der Waals surface area contributed by atoms with E-state index in [2.05, 4.69) is 19.2 Å². The molecule has 3 unspecified atom stereocenters. The maximum atomic E-state index is 12.2. The van der Waals surface area contributed by atoms with E-state index in [1.165, 1.54) is 96.3 Å². The van der Waals surface area contributed by atoms with Gasteiger partial charge in [-0.15, -0.1) is 0 Å². The molecule has 0 saturated heterocycles. The van der Waals surface area contributed by atoms with Gasteiger partial charge in [-0.05, 0) is 19.3 Å². The molecule has 0 saturated carbocycles. The van der Waals surface area contributed by atoms with Crippen LogP contribution >= 0.6 is 0 Å². The van der Waals surface area contributed by atoms with Crippen LogP contribution in [0.25, 0.3) is 0 Å². The summed E-state index contributed by atoms with van der Waals surface area (Å²) >= 11 is 0. The molecule has 0 heterocycles. The number of allylic oxidation sites excluding steroid dienone is 1. The Morgan fingerprint density at radius 3 is 1.66 bits per heavy atom. The van der Waals surface area contributed by atoms with Crippen LogP contribution in [0, 0.1) is 0 Å². The van der Waals surface area contributed by atoms with Gasteiger partial charge in [0.15, 0.2) is 0 Å². The molecule has 0 radical (unpaired) electrons. The summed E-state index contributed by atoms with van der Waals surface area (Å²) in [7, 11) is 0. The monoisotopic (exact) mass is 497 g/mol. The van der Waals surface area contributed by atoms with Crippen molar-refractivity contribution in [3.63, 3.8) is 0 Å². The van der Waals surface area contributed by atoms with Crippen molar-refractivity contribution in [2.45, 2.75) is 167 Å². The third kappa shape index (κ3) is 23.3. The molecule has 0 aliphatic carbocycles. The molecule has 0 aliphatic rings. The van der Waals surface area contributed by atoms with Crippen LogP contribution in [-0.4, -0.2) is 46.1 Å². The summed E-state index contributed by atoms with van der Waals surface area (Å²) in [5.74, 6) is -0.320. The van der Waals surface area contributed by atoms with E-state index in [-0.39, 0.29) is 18.9 Å². The van der Waals surface area contributed by atoms with E-state index in [0.717, 1.165) is 25.7 Å². The number of hydrogen-bond acceptors (Lipinski definition) is 4. The van der Waals surface area contributed by atoms with E-state index in [1.54, 1.807) is 6.08 Å². The first-order valence-electron chi connectivity index (χ1n) is 15.0. The predicted octanol–water partition coefficient (Wildman–Crippen LogP) is 6.97. The van der Waals surface area contributed by atoms with Crippen molar-refractivity contribution in [3.8, 4) is 0 Å². The Kier molecular flexibility index (Phi) is 25.5. The van der Waals surface area contributed by atoms with E-state index >= 15 is 0 Å². The van der Waals surface area contributed by atoms with Gasteiger partial charge in [-0.3, -0.25) is 4.79 Å². The number of aliphatic hydroxyl groups is 3. The molecule has 5 heteroatoms. The minimum Gasteiger partial charge on any atom is -0.394 e. The lowest BCUT2D eigenvalue weighted by atomic mass is 10.0. The van der Waals surface area contributed by atoms with Crippen LogP contribution in [-0.2, 0) is 4.79 Å². The van der Waals surface area contributed by atoms with E-state index in [9.17, 15) is 20.1 Å². The number of nitrogens with one attached hydrogen (secondary N) is 1. The normalized spacial score (nSPS) is 14.3. The second-order valence-corrected chi connectivity index (χ2v) is 10.4. The van der Waals surface area contributed by atoms with Gasteiger partial charge >= 0.3 is 0 Å². The second kappa shape index (κ2) is 26.2. The van der Waals surface area contributed by atoms with Crippen LogP contribution in [0.2, 0.25) is 0 Å². The predicted molar refractivity (Wildman–Crippen MR) is 148 cm³/mol. The van der Waals surface area contributed by atoms with E-state index in [0.29, 0.717) is 6.42 Å². The summed E-state index contributed by atoms with van der Waals surface area (Å²) in [6.45, 7) is 4.14. The summed E-state index contributed by atoms with van der Waals surface area (Å²) < 4.78 is 0. The van der Waals surface area contributed by atoms with E-state index in [1.807, 2.05) is 6.08 Å². The molecule has 3 atom stereocenters. The summed E-state index contributed by atoms with van der Waals surface area (Å²) in [5.41, 5.74) is 0. The van der Waals surface area contributed by atoms with Crippen LogP contribution < -0.4 is 5.32 Å². The summed E-state index contributed by atoms with van der Waals surface area (Å²) in [6, 6.07) is -0.734. The van der Waals surface area contributed by atoms with Crippen molar-refractivity contribution in [1.29, 1.82) is 0 Å². The van der Waals surface area contributed by atoms with Crippen molar-refractivity contribution < 1.29 is 20.1 Å². The molecule has 35 heavy (non-hydrogen) atoms. The summed E-state index contributed by atoms with van der Waals surface area (Å²) in [5, 5.41) is 32.7. The lowest BCUT2D eigenvalue weighted by Crippen LogP contribution is -2.45. The van der Waals surface area contributed by atoms with Crippen molar-refractivity contribution in [1.82, 2.24) is 5.32 Å². The Morgan fingerprint density at radius 1 is 0.714 bits per heavy atom. The smallest absolute Gasteiger partial charge is 0.222 e. The molecule has 1 amide bonds. The minimum atomic E-state index is -0.919. The van der Waals surface area contributed by atoms with Gasteiger partial charge in [0.2, 0.25) is 5.91 Å². The topological polar surface area (TPSA) is 89.8 Å². The maximum absolute atomic E-state index is 12.2. The number of aliphatic hydroxyl groups excluding tert-OH is 3. The molecule has 0 rings (SSSR count). The van der Waals surface area contributed by atoms with Crippen LogP contribution in [0.5, 0.6) is 0 Å². The van der Waals surface area contributed by atoms with Crippen molar-refractivity contribution in [2.24, 2.45) is 0 Å². The molecule has 0 aromatic heterocycles. The Balaban J connectivity index is 3.84.